The third-order valence-corrected chi connectivity index (χ3v) is 3.00. The van der Waals surface area contributed by atoms with Crippen LogP contribution in [0.15, 0.2) is 16.6 Å². The van der Waals surface area contributed by atoms with Gasteiger partial charge in [-0.25, -0.2) is 4.39 Å². The average Bonchev–Trinajstić information content (AvgIpc) is 2.10. The summed E-state index contributed by atoms with van der Waals surface area (Å²) in [7, 11) is 0. The van der Waals surface area contributed by atoms with Gasteiger partial charge in [-0.05, 0) is 34.0 Å². The molecule has 1 heterocycles. The quantitative estimate of drug-likeness (QED) is 0.761. The van der Waals surface area contributed by atoms with Gasteiger partial charge >= 0.3 is 0 Å². The minimum atomic E-state index is -0.269. The van der Waals surface area contributed by atoms with Crippen LogP contribution in [-0.4, -0.2) is 5.91 Å². The lowest BCUT2D eigenvalue weighted by Gasteiger charge is -2.23. The summed E-state index contributed by atoms with van der Waals surface area (Å²) in [6.07, 6.45) is 0.348. The molecule has 4 heteroatoms. The van der Waals surface area contributed by atoms with Gasteiger partial charge in [0.2, 0.25) is 5.91 Å². The van der Waals surface area contributed by atoms with E-state index in [4.69, 9.17) is 0 Å². The number of halogens is 2. The highest BCUT2D eigenvalue weighted by atomic mass is 79.9. The Morgan fingerprint density at radius 2 is 2.29 bits per heavy atom. The zero-order chi connectivity index (χ0) is 10.3. The Balaban J connectivity index is 2.59. The third kappa shape index (κ3) is 1.43. The van der Waals surface area contributed by atoms with Crippen LogP contribution >= 0.6 is 15.9 Å². The van der Waals surface area contributed by atoms with Gasteiger partial charge in [-0.1, -0.05) is 6.92 Å². The molecule has 0 fully saturated rings. The summed E-state index contributed by atoms with van der Waals surface area (Å²) in [4.78, 5) is 11.2. The minimum Gasteiger partial charge on any atom is -0.326 e. The molecule has 0 radical (unpaired) electrons. The van der Waals surface area contributed by atoms with Crippen molar-refractivity contribution < 1.29 is 9.18 Å². The van der Waals surface area contributed by atoms with Gasteiger partial charge in [0.1, 0.15) is 5.82 Å². The van der Waals surface area contributed by atoms with Crippen LogP contribution < -0.4 is 5.32 Å². The first-order valence-corrected chi connectivity index (χ1v) is 5.16. The fourth-order valence-corrected chi connectivity index (χ4v) is 2.08. The van der Waals surface area contributed by atoms with E-state index in [1.807, 2.05) is 6.92 Å². The first-order chi connectivity index (χ1) is 6.59. The van der Waals surface area contributed by atoms with E-state index in [1.165, 1.54) is 0 Å². The number of hydrogen-bond acceptors (Lipinski definition) is 1. The van der Waals surface area contributed by atoms with Crippen molar-refractivity contribution in [3.8, 4) is 0 Å². The number of fused-ring (bicyclic) bond motifs is 1. The minimum absolute atomic E-state index is 0.0493. The molecule has 0 bridgehead atoms. The van der Waals surface area contributed by atoms with Crippen LogP contribution in [0.2, 0.25) is 0 Å². The Morgan fingerprint density at radius 1 is 1.57 bits per heavy atom. The summed E-state index contributed by atoms with van der Waals surface area (Å²) >= 11 is 3.13. The Morgan fingerprint density at radius 3 is 3.00 bits per heavy atom. The van der Waals surface area contributed by atoms with Gasteiger partial charge in [0.15, 0.2) is 0 Å². The molecule has 74 valence electrons. The van der Waals surface area contributed by atoms with Gasteiger partial charge in [-0.15, -0.1) is 0 Å². The molecule has 2 nitrogen and oxygen atoms in total. The number of rotatable bonds is 0. The molecule has 1 N–H and O–H groups in total. The molecule has 1 aromatic carbocycles. The zero-order valence-electron chi connectivity index (χ0n) is 7.60. The van der Waals surface area contributed by atoms with Gasteiger partial charge in [0, 0.05) is 17.7 Å². The highest BCUT2D eigenvalue weighted by Gasteiger charge is 2.25. The molecule has 0 spiro atoms. The molecule has 0 aromatic heterocycles. The lowest BCUT2D eigenvalue weighted by molar-refractivity contribution is -0.116. The average molecular weight is 258 g/mol. The largest absolute Gasteiger partial charge is 0.326 e. The van der Waals surface area contributed by atoms with E-state index in [0.29, 0.717) is 22.1 Å². The number of carbonyl (C=O) groups excluding carboxylic acids is 1. The number of benzene rings is 1. The topological polar surface area (TPSA) is 29.1 Å². The molecule has 1 aliphatic rings. The van der Waals surface area contributed by atoms with E-state index < -0.39 is 0 Å². The van der Waals surface area contributed by atoms with Crippen molar-refractivity contribution in [2.75, 3.05) is 5.32 Å². The normalized spacial score (nSPS) is 20.2. The van der Waals surface area contributed by atoms with E-state index in [9.17, 15) is 9.18 Å². The maximum Gasteiger partial charge on any atom is 0.224 e. The van der Waals surface area contributed by atoms with Crippen molar-refractivity contribution in [2.24, 2.45) is 0 Å². The molecule has 0 saturated carbocycles. The summed E-state index contributed by atoms with van der Waals surface area (Å²) in [6, 6.07) is 3.32. The van der Waals surface area contributed by atoms with Crippen LogP contribution in [0.25, 0.3) is 0 Å². The fourth-order valence-electron chi connectivity index (χ4n) is 1.74. The van der Waals surface area contributed by atoms with Crippen molar-refractivity contribution in [3.05, 3.63) is 28.0 Å². The van der Waals surface area contributed by atoms with Gasteiger partial charge in [0.25, 0.3) is 0 Å². The molecular formula is C10H9BrFNO. The van der Waals surface area contributed by atoms with Gasteiger partial charge in [-0.3, -0.25) is 4.79 Å². The number of carbonyl (C=O) groups is 1. The first kappa shape index (κ1) is 9.65. The van der Waals surface area contributed by atoms with E-state index in [1.54, 1.807) is 12.1 Å². The lowest BCUT2D eigenvalue weighted by atomic mass is 9.92. The smallest absolute Gasteiger partial charge is 0.224 e. The molecule has 1 aromatic rings. The van der Waals surface area contributed by atoms with Crippen molar-refractivity contribution in [1.82, 2.24) is 0 Å². The predicted octanol–water partition coefficient (Wildman–Crippen LogP) is 3.03. The molecule has 1 atom stereocenters. The van der Waals surface area contributed by atoms with Crippen LogP contribution in [0.3, 0.4) is 0 Å². The second kappa shape index (κ2) is 3.35. The first-order valence-electron chi connectivity index (χ1n) is 4.37. The Hall–Kier alpha value is -0.900. The Bertz CT molecular complexity index is 405. The highest BCUT2D eigenvalue weighted by molar-refractivity contribution is 9.10. The number of nitrogens with one attached hydrogen (secondary N) is 1. The third-order valence-electron chi connectivity index (χ3n) is 2.39. The van der Waals surface area contributed by atoms with Crippen LogP contribution in [-0.2, 0) is 4.79 Å². The highest BCUT2D eigenvalue weighted by Crippen LogP contribution is 2.36. The van der Waals surface area contributed by atoms with Crippen LogP contribution in [0, 0.1) is 5.82 Å². The monoisotopic (exact) mass is 257 g/mol. The standard InChI is InChI=1S/C10H9BrFNO/c1-5-4-8(14)13-7-3-2-6(11)10(12)9(5)7/h2-3,5H,4H2,1H3,(H,13,14)/t5-/m0/s1. The van der Waals surface area contributed by atoms with E-state index in [0.717, 1.165) is 0 Å². The van der Waals surface area contributed by atoms with Gasteiger partial charge in [0.05, 0.1) is 4.47 Å². The second-order valence-corrected chi connectivity index (χ2v) is 4.33. The van der Waals surface area contributed by atoms with Crippen LogP contribution in [0.1, 0.15) is 24.8 Å². The van der Waals surface area contributed by atoms with Crippen LogP contribution in [0.5, 0.6) is 0 Å². The predicted molar refractivity (Wildman–Crippen MR) is 55.8 cm³/mol. The van der Waals surface area contributed by atoms with E-state index in [-0.39, 0.29) is 17.6 Å². The fraction of sp³-hybridized carbons (Fsp3) is 0.300. The second-order valence-electron chi connectivity index (χ2n) is 3.48. The zero-order valence-corrected chi connectivity index (χ0v) is 9.19. The lowest BCUT2D eigenvalue weighted by Crippen LogP contribution is -2.22. The molecule has 1 amide bonds. The summed E-state index contributed by atoms with van der Waals surface area (Å²) in [5.41, 5.74) is 1.19. The number of amides is 1. The number of hydrogen-bond donors (Lipinski definition) is 1. The molecule has 2 rings (SSSR count). The molecule has 0 unspecified atom stereocenters. The van der Waals surface area contributed by atoms with E-state index >= 15 is 0 Å². The van der Waals surface area contributed by atoms with Crippen molar-refractivity contribution in [3.63, 3.8) is 0 Å². The molecule has 0 aliphatic carbocycles. The van der Waals surface area contributed by atoms with Crippen molar-refractivity contribution in [1.29, 1.82) is 0 Å². The maximum absolute atomic E-state index is 13.7. The summed E-state index contributed by atoms with van der Waals surface area (Å²) in [6.45, 7) is 1.85. The molecule has 0 saturated heterocycles. The Labute approximate surface area is 89.6 Å². The number of anilines is 1. The summed E-state index contributed by atoms with van der Waals surface area (Å²) in [5, 5.41) is 2.66. The van der Waals surface area contributed by atoms with Gasteiger partial charge in [-0.2, -0.15) is 0 Å². The summed E-state index contributed by atoms with van der Waals surface area (Å²) < 4.78 is 14.1. The SMILES string of the molecule is C[C@H]1CC(=O)Nc2ccc(Br)c(F)c21. The molecular weight excluding hydrogens is 249 g/mol. The van der Waals surface area contributed by atoms with Crippen molar-refractivity contribution >= 4 is 27.5 Å². The molecule has 1 aliphatic heterocycles. The van der Waals surface area contributed by atoms with E-state index in [2.05, 4.69) is 21.2 Å². The summed E-state index contributed by atoms with van der Waals surface area (Å²) in [5.74, 6) is -0.377. The van der Waals surface area contributed by atoms with Crippen molar-refractivity contribution in [2.45, 2.75) is 19.3 Å². The van der Waals surface area contributed by atoms with Crippen LogP contribution in [0.4, 0.5) is 10.1 Å². The van der Waals surface area contributed by atoms with Gasteiger partial charge < -0.3 is 5.32 Å². The Kier molecular flexibility index (Phi) is 2.31. The maximum atomic E-state index is 13.7. The molecule has 14 heavy (non-hydrogen) atoms.